The maximum absolute atomic E-state index is 10.5. The number of aliphatic hydroxyl groups excluding tert-OH is 1. The summed E-state index contributed by atoms with van der Waals surface area (Å²) in [6.07, 6.45) is 7.66. The predicted octanol–water partition coefficient (Wildman–Crippen LogP) is 3.68. The molecule has 6 heteroatoms. The van der Waals surface area contributed by atoms with Gasteiger partial charge in [-0.05, 0) is 55.9 Å². The maximum atomic E-state index is 10.5. The summed E-state index contributed by atoms with van der Waals surface area (Å²) in [7, 11) is 0. The smallest absolute Gasteiger partial charge is 0.158 e. The van der Waals surface area contributed by atoms with Gasteiger partial charge < -0.3 is 15.5 Å². The van der Waals surface area contributed by atoms with E-state index in [4.69, 9.17) is 0 Å². The van der Waals surface area contributed by atoms with Crippen molar-refractivity contribution in [3.63, 3.8) is 0 Å². The van der Waals surface area contributed by atoms with Crippen LogP contribution in [-0.4, -0.2) is 37.5 Å². The molecule has 0 bridgehead atoms. The highest BCUT2D eigenvalue weighted by molar-refractivity contribution is 6.00. The molecule has 140 valence electrons. The standard InChI is InChI=1S/C21H24N4O2/c1-2-13-6-7-17(19(27)10-13)20-16-8-9-22-12-18(16)21(25-24-20)23-14-4-3-5-15(26)11-14/h6-10,12,14-15,26-27H,2-5,11H2,1H3,(H,23,25)/t14-,15+/m1/s1. The fourth-order valence-corrected chi connectivity index (χ4v) is 3.79. The molecule has 1 aromatic carbocycles. The van der Waals surface area contributed by atoms with E-state index in [1.807, 2.05) is 18.2 Å². The van der Waals surface area contributed by atoms with Crippen molar-refractivity contribution in [2.45, 2.75) is 51.2 Å². The van der Waals surface area contributed by atoms with Crippen LogP contribution in [-0.2, 0) is 6.42 Å². The molecule has 4 rings (SSSR count). The number of hydrogen-bond donors (Lipinski definition) is 3. The summed E-state index contributed by atoms with van der Waals surface area (Å²) in [6, 6.07) is 7.74. The third-order valence-corrected chi connectivity index (χ3v) is 5.29. The van der Waals surface area contributed by atoms with E-state index < -0.39 is 0 Å². The minimum atomic E-state index is -0.262. The van der Waals surface area contributed by atoms with Crippen molar-refractivity contribution in [3.05, 3.63) is 42.2 Å². The first-order chi connectivity index (χ1) is 13.2. The van der Waals surface area contributed by atoms with Crippen molar-refractivity contribution in [1.82, 2.24) is 15.2 Å². The number of aromatic nitrogens is 3. The Morgan fingerprint density at radius 2 is 2.04 bits per heavy atom. The van der Waals surface area contributed by atoms with Crippen molar-refractivity contribution >= 4 is 16.6 Å². The Morgan fingerprint density at radius 3 is 2.81 bits per heavy atom. The molecule has 2 heterocycles. The van der Waals surface area contributed by atoms with Gasteiger partial charge in [0.05, 0.1) is 6.10 Å². The van der Waals surface area contributed by atoms with E-state index in [9.17, 15) is 10.2 Å². The SMILES string of the molecule is CCc1ccc(-c2nnc(N[C@@H]3CCC[C@H](O)C3)c3cnccc23)c(O)c1. The summed E-state index contributed by atoms with van der Waals surface area (Å²) in [6.45, 7) is 2.05. The Morgan fingerprint density at radius 1 is 1.15 bits per heavy atom. The van der Waals surface area contributed by atoms with Crippen LogP contribution in [0, 0.1) is 0 Å². The van der Waals surface area contributed by atoms with E-state index in [-0.39, 0.29) is 17.9 Å². The van der Waals surface area contributed by atoms with Crippen LogP contribution in [0.15, 0.2) is 36.7 Å². The van der Waals surface area contributed by atoms with Gasteiger partial charge in [-0.15, -0.1) is 10.2 Å². The summed E-state index contributed by atoms with van der Waals surface area (Å²) in [5, 5.41) is 34.4. The Labute approximate surface area is 158 Å². The second-order valence-electron chi connectivity index (χ2n) is 7.19. The second-order valence-corrected chi connectivity index (χ2v) is 7.19. The van der Waals surface area contributed by atoms with Crippen LogP contribution in [0.25, 0.3) is 22.0 Å². The molecular weight excluding hydrogens is 340 g/mol. The van der Waals surface area contributed by atoms with Gasteiger partial charge in [-0.25, -0.2) is 0 Å². The second kappa shape index (κ2) is 7.48. The summed E-state index contributed by atoms with van der Waals surface area (Å²) < 4.78 is 0. The number of aromatic hydroxyl groups is 1. The van der Waals surface area contributed by atoms with Gasteiger partial charge in [0.15, 0.2) is 5.82 Å². The number of aryl methyl sites for hydroxylation is 1. The zero-order chi connectivity index (χ0) is 18.8. The van der Waals surface area contributed by atoms with E-state index >= 15 is 0 Å². The van der Waals surface area contributed by atoms with Crippen molar-refractivity contribution < 1.29 is 10.2 Å². The van der Waals surface area contributed by atoms with Crippen LogP contribution in [0.1, 0.15) is 38.2 Å². The molecule has 1 saturated carbocycles. The monoisotopic (exact) mass is 364 g/mol. The number of aliphatic hydroxyl groups is 1. The molecule has 0 amide bonds. The minimum absolute atomic E-state index is 0.176. The van der Waals surface area contributed by atoms with E-state index in [0.717, 1.165) is 42.0 Å². The van der Waals surface area contributed by atoms with Gasteiger partial charge in [0.25, 0.3) is 0 Å². The topological polar surface area (TPSA) is 91.2 Å². The van der Waals surface area contributed by atoms with Gasteiger partial charge in [-0.3, -0.25) is 4.98 Å². The molecule has 2 atom stereocenters. The zero-order valence-corrected chi connectivity index (χ0v) is 15.4. The number of rotatable bonds is 4. The van der Waals surface area contributed by atoms with Gasteiger partial charge >= 0.3 is 0 Å². The average molecular weight is 364 g/mol. The van der Waals surface area contributed by atoms with Gasteiger partial charge in [-0.2, -0.15) is 0 Å². The first-order valence-corrected chi connectivity index (χ1v) is 9.53. The van der Waals surface area contributed by atoms with Gasteiger partial charge in [0.1, 0.15) is 11.4 Å². The minimum Gasteiger partial charge on any atom is -0.507 e. The lowest BCUT2D eigenvalue weighted by Gasteiger charge is -2.27. The molecular formula is C21H24N4O2. The molecule has 0 aliphatic heterocycles. The summed E-state index contributed by atoms with van der Waals surface area (Å²) in [4.78, 5) is 4.25. The first-order valence-electron chi connectivity index (χ1n) is 9.53. The molecule has 1 aliphatic carbocycles. The molecule has 6 nitrogen and oxygen atoms in total. The van der Waals surface area contributed by atoms with Gasteiger partial charge in [0, 0.05) is 34.8 Å². The predicted molar refractivity (Wildman–Crippen MR) is 106 cm³/mol. The lowest BCUT2D eigenvalue weighted by molar-refractivity contribution is 0.124. The summed E-state index contributed by atoms with van der Waals surface area (Å²) in [5.74, 6) is 0.878. The third kappa shape index (κ3) is 3.57. The van der Waals surface area contributed by atoms with Crippen molar-refractivity contribution in [3.8, 4) is 17.0 Å². The lowest BCUT2D eigenvalue weighted by atomic mass is 9.93. The van der Waals surface area contributed by atoms with Crippen LogP contribution < -0.4 is 5.32 Å². The van der Waals surface area contributed by atoms with Crippen LogP contribution >= 0.6 is 0 Å². The summed E-state index contributed by atoms with van der Waals surface area (Å²) in [5.41, 5.74) is 2.38. The summed E-state index contributed by atoms with van der Waals surface area (Å²) >= 11 is 0. The number of nitrogens with one attached hydrogen (secondary N) is 1. The number of nitrogens with zero attached hydrogens (tertiary/aromatic N) is 3. The highest BCUT2D eigenvalue weighted by Crippen LogP contribution is 2.35. The Balaban J connectivity index is 1.74. The Hall–Kier alpha value is -2.73. The van der Waals surface area contributed by atoms with Crippen molar-refractivity contribution in [2.24, 2.45) is 0 Å². The number of phenolic OH excluding ortho intramolecular Hbond substituents is 1. The number of pyridine rings is 1. The van der Waals surface area contributed by atoms with Crippen molar-refractivity contribution in [2.75, 3.05) is 5.32 Å². The van der Waals surface area contributed by atoms with Crippen LogP contribution in [0.2, 0.25) is 0 Å². The molecule has 2 aromatic heterocycles. The molecule has 0 unspecified atom stereocenters. The molecule has 0 radical (unpaired) electrons. The van der Waals surface area contributed by atoms with E-state index in [1.54, 1.807) is 18.5 Å². The number of fused-ring (bicyclic) bond motifs is 1. The number of hydrogen-bond acceptors (Lipinski definition) is 6. The van der Waals surface area contributed by atoms with Gasteiger partial charge in [0.2, 0.25) is 0 Å². The van der Waals surface area contributed by atoms with E-state index in [2.05, 4.69) is 27.4 Å². The quantitative estimate of drug-likeness (QED) is 0.654. The molecule has 0 saturated heterocycles. The largest absolute Gasteiger partial charge is 0.507 e. The normalized spacial score (nSPS) is 19.9. The lowest BCUT2D eigenvalue weighted by Crippen LogP contribution is -2.30. The first kappa shape index (κ1) is 17.7. The number of anilines is 1. The zero-order valence-electron chi connectivity index (χ0n) is 15.4. The molecule has 0 spiro atoms. The highest BCUT2D eigenvalue weighted by Gasteiger charge is 2.22. The van der Waals surface area contributed by atoms with Crippen molar-refractivity contribution in [1.29, 1.82) is 0 Å². The molecule has 3 aromatic rings. The maximum Gasteiger partial charge on any atom is 0.158 e. The van der Waals surface area contributed by atoms with Gasteiger partial charge in [-0.1, -0.05) is 13.0 Å². The molecule has 3 N–H and O–H groups in total. The van der Waals surface area contributed by atoms with E-state index in [0.29, 0.717) is 23.5 Å². The fraction of sp³-hybridized carbons (Fsp3) is 0.381. The average Bonchev–Trinajstić information content (AvgIpc) is 2.68. The molecule has 1 fully saturated rings. The Kier molecular flexibility index (Phi) is 4.90. The highest BCUT2D eigenvalue weighted by atomic mass is 16.3. The van der Waals surface area contributed by atoms with Crippen LogP contribution in [0.3, 0.4) is 0 Å². The van der Waals surface area contributed by atoms with E-state index in [1.165, 1.54) is 0 Å². The molecule has 1 aliphatic rings. The number of phenols is 1. The Bertz CT molecular complexity index is 960. The van der Waals surface area contributed by atoms with Crippen LogP contribution in [0.4, 0.5) is 5.82 Å². The molecule has 27 heavy (non-hydrogen) atoms. The van der Waals surface area contributed by atoms with Crippen LogP contribution in [0.5, 0.6) is 5.75 Å². The third-order valence-electron chi connectivity index (χ3n) is 5.29. The fourth-order valence-electron chi connectivity index (χ4n) is 3.79. The number of benzene rings is 1.